The summed E-state index contributed by atoms with van der Waals surface area (Å²) >= 11 is 9.50. The number of carbonyl (C=O) groups excluding carboxylic acids is 1. The molecule has 0 atom stereocenters. The summed E-state index contributed by atoms with van der Waals surface area (Å²) in [5, 5.41) is 15.9. The summed E-state index contributed by atoms with van der Waals surface area (Å²) < 4.78 is 12.0. The van der Waals surface area contributed by atoms with Crippen molar-refractivity contribution in [3.8, 4) is 5.75 Å². The third-order valence-corrected chi connectivity index (χ3v) is 5.01. The van der Waals surface area contributed by atoms with E-state index in [1.807, 2.05) is 0 Å². The van der Waals surface area contributed by atoms with Gasteiger partial charge in [0.25, 0.3) is 5.56 Å². The lowest BCUT2D eigenvalue weighted by Gasteiger charge is -2.11. The van der Waals surface area contributed by atoms with Gasteiger partial charge in [0.05, 0.1) is 33.2 Å². The van der Waals surface area contributed by atoms with Gasteiger partial charge in [0.2, 0.25) is 5.75 Å². The van der Waals surface area contributed by atoms with E-state index in [0.717, 1.165) is 4.68 Å². The van der Waals surface area contributed by atoms with Crippen LogP contribution in [0, 0.1) is 17.0 Å². The fraction of sp³-hybridized carbons (Fsp3) is 0.238. The SMILES string of the molecule is Cc1nc2ccc(Br)cc2c(=O)n1N=Cc1cc(Cl)c(OCC(=O)OC(C)C)c([N+](=O)[O-])c1. The first kappa shape index (κ1) is 24.3. The number of nitrogens with zero attached hydrogens (tertiary/aromatic N) is 4. The summed E-state index contributed by atoms with van der Waals surface area (Å²) in [7, 11) is 0. The maximum atomic E-state index is 12.8. The molecule has 0 fully saturated rings. The monoisotopic (exact) mass is 536 g/mol. The number of aromatic nitrogens is 2. The summed E-state index contributed by atoms with van der Waals surface area (Å²) in [6, 6.07) is 7.65. The average Bonchev–Trinajstić information content (AvgIpc) is 2.72. The predicted octanol–water partition coefficient (Wildman–Crippen LogP) is 4.24. The molecule has 12 heteroatoms. The highest BCUT2D eigenvalue weighted by Crippen LogP contribution is 2.36. The standard InChI is InChI=1S/C21H18BrClN4O6/c1-11(2)33-19(28)10-32-20-16(23)6-13(7-18(20)27(30)31)9-24-26-12(3)25-17-5-4-14(22)8-15(17)21(26)29/h4-9,11H,10H2,1-3H3. The van der Waals surface area contributed by atoms with Crippen LogP contribution in [0.3, 0.4) is 0 Å². The molecule has 10 nitrogen and oxygen atoms in total. The topological polar surface area (TPSA) is 126 Å². The molecule has 0 spiro atoms. The number of nitro groups is 1. The molecule has 3 aromatic rings. The minimum Gasteiger partial charge on any atom is -0.474 e. The fourth-order valence-corrected chi connectivity index (χ4v) is 3.54. The highest BCUT2D eigenvalue weighted by molar-refractivity contribution is 9.10. The molecule has 0 saturated heterocycles. The Labute approximate surface area is 201 Å². The highest BCUT2D eigenvalue weighted by atomic mass is 79.9. The van der Waals surface area contributed by atoms with E-state index in [2.05, 4.69) is 26.0 Å². The molecule has 0 aliphatic carbocycles. The van der Waals surface area contributed by atoms with Gasteiger partial charge >= 0.3 is 11.7 Å². The second-order valence-electron chi connectivity index (χ2n) is 7.12. The summed E-state index contributed by atoms with van der Waals surface area (Å²) in [5.74, 6) is -0.633. The number of benzene rings is 2. The lowest BCUT2D eigenvalue weighted by molar-refractivity contribution is -0.385. The van der Waals surface area contributed by atoms with Crippen molar-refractivity contribution in [2.24, 2.45) is 5.10 Å². The number of nitro benzene ring substituents is 1. The summed E-state index contributed by atoms with van der Waals surface area (Å²) in [6.45, 7) is 4.40. The van der Waals surface area contributed by atoms with Gasteiger partial charge in [-0.05, 0) is 45.0 Å². The van der Waals surface area contributed by atoms with Crippen molar-refractivity contribution in [1.82, 2.24) is 9.66 Å². The van der Waals surface area contributed by atoms with Gasteiger partial charge in [-0.3, -0.25) is 14.9 Å². The smallest absolute Gasteiger partial charge is 0.344 e. The third kappa shape index (κ3) is 5.74. The Kier molecular flexibility index (Phi) is 7.44. The Morgan fingerprint density at radius 3 is 2.76 bits per heavy atom. The van der Waals surface area contributed by atoms with Crippen molar-refractivity contribution in [3.63, 3.8) is 0 Å². The zero-order valence-corrected chi connectivity index (χ0v) is 20.1. The largest absolute Gasteiger partial charge is 0.474 e. The van der Waals surface area contributed by atoms with Crippen LogP contribution in [0.4, 0.5) is 5.69 Å². The van der Waals surface area contributed by atoms with Crippen molar-refractivity contribution < 1.29 is 19.2 Å². The van der Waals surface area contributed by atoms with Crippen molar-refractivity contribution in [3.05, 3.63) is 71.7 Å². The van der Waals surface area contributed by atoms with Crippen LogP contribution in [-0.2, 0) is 9.53 Å². The van der Waals surface area contributed by atoms with Gasteiger partial charge in [0, 0.05) is 16.1 Å². The minimum absolute atomic E-state index is 0.104. The van der Waals surface area contributed by atoms with Crippen LogP contribution >= 0.6 is 27.5 Å². The first-order chi connectivity index (χ1) is 15.6. The molecule has 0 unspecified atom stereocenters. The first-order valence-corrected chi connectivity index (χ1v) is 10.8. The zero-order valence-electron chi connectivity index (χ0n) is 17.7. The maximum Gasteiger partial charge on any atom is 0.344 e. The van der Waals surface area contributed by atoms with Crippen LogP contribution in [0.1, 0.15) is 25.2 Å². The van der Waals surface area contributed by atoms with E-state index in [1.54, 1.807) is 39.0 Å². The molecule has 1 heterocycles. The quantitative estimate of drug-likeness (QED) is 0.191. The highest BCUT2D eigenvalue weighted by Gasteiger charge is 2.22. The van der Waals surface area contributed by atoms with E-state index in [4.69, 9.17) is 21.1 Å². The molecule has 0 bridgehead atoms. The van der Waals surface area contributed by atoms with Crippen molar-refractivity contribution >= 4 is 56.3 Å². The first-order valence-electron chi connectivity index (χ1n) is 9.60. The molecular weight excluding hydrogens is 520 g/mol. The second-order valence-corrected chi connectivity index (χ2v) is 8.44. The van der Waals surface area contributed by atoms with Crippen LogP contribution < -0.4 is 10.3 Å². The summed E-state index contributed by atoms with van der Waals surface area (Å²) in [5.41, 5.74) is -0.113. The van der Waals surface area contributed by atoms with E-state index in [1.165, 1.54) is 18.3 Å². The van der Waals surface area contributed by atoms with E-state index in [9.17, 15) is 19.7 Å². The lowest BCUT2D eigenvalue weighted by Crippen LogP contribution is -2.20. The lowest BCUT2D eigenvalue weighted by atomic mass is 10.2. The van der Waals surface area contributed by atoms with Gasteiger partial charge in [-0.1, -0.05) is 27.5 Å². The molecule has 33 heavy (non-hydrogen) atoms. The molecule has 172 valence electrons. The number of hydrogen-bond donors (Lipinski definition) is 0. The Hall–Kier alpha value is -3.31. The van der Waals surface area contributed by atoms with Gasteiger partial charge in [-0.15, -0.1) is 0 Å². The molecule has 3 rings (SSSR count). The van der Waals surface area contributed by atoms with Crippen molar-refractivity contribution in [1.29, 1.82) is 0 Å². The van der Waals surface area contributed by atoms with Crippen LogP contribution in [-0.4, -0.2) is 39.5 Å². The number of rotatable bonds is 7. The Bertz CT molecular complexity index is 1340. The van der Waals surface area contributed by atoms with Crippen molar-refractivity contribution in [2.75, 3.05) is 6.61 Å². The summed E-state index contributed by atoms with van der Waals surface area (Å²) in [6.07, 6.45) is 0.887. The van der Waals surface area contributed by atoms with E-state index >= 15 is 0 Å². The van der Waals surface area contributed by atoms with Gasteiger partial charge in [0.15, 0.2) is 6.61 Å². The number of fused-ring (bicyclic) bond motifs is 1. The van der Waals surface area contributed by atoms with Gasteiger partial charge in [0.1, 0.15) is 5.82 Å². The van der Waals surface area contributed by atoms with Crippen LogP contribution in [0.15, 0.2) is 44.7 Å². The normalized spacial score (nSPS) is 11.3. The second kappa shape index (κ2) is 10.1. The van der Waals surface area contributed by atoms with Gasteiger partial charge in [-0.25, -0.2) is 9.78 Å². The zero-order chi connectivity index (χ0) is 24.3. The third-order valence-electron chi connectivity index (χ3n) is 4.24. The molecular formula is C21H18BrClN4O6. The number of carbonyl (C=O) groups is 1. The van der Waals surface area contributed by atoms with Crippen LogP contribution in [0.5, 0.6) is 5.75 Å². The molecule has 0 amide bonds. The summed E-state index contributed by atoms with van der Waals surface area (Å²) in [4.78, 5) is 39.7. The predicted molar refractivity (Wildman–Crippen MR) is 126 cm³/mol. The Morgan fingerprint density at radius 2 is 2.09 bits per heavy atom. The van der Waals surface area contributed by atoms with Gasteiger partial charge in [-0.2, -0.15) is 9.78 Å². The molecule has 0 aliphatic rings. The molecule has 1 aromatic heterocycles. The molecule has 2 aromatic carbocycles. The fourth-order valence-electron chi connectivity index (χ4n) is 2.90. The molecule has 0 saturated carbocycles. The van der Waals surface area contributed by atoms with E-state index in [-0.39, 0.29) is 22.4 Å². The minimum atomic E-state index is -0.696. The number of esters is 1. The van der Waals surface area contributed by atoms with Crippen LogP contribution in [0.25, 0.3) is 10.9 Å². The Balaban J connectivity index is 1.95. The molecule has 0 N–H and O–H groups in total. The number of ether oxygens (including phenoxy) is 2. The van der Waals surface area contributed by atoms with E-state index in [0.29, 0.717) is 21.2 Å². The maximum absolute atomic E-state index is 12.8. The van der Waals surface area contributed by atoms with Gasteiger partial charge < -0.3 is 9.47 Å². The molecule has 0 radical (unpaired) electrons. The number of hydrogen-bond acceptors (Lipinski definition) is 8. The molecule has 0 aliphatic heterocycles. The van der Waals surface area contributed by atoms with Crippen LogP contribution in [0.2, 0.25) is 5.02 Å². The van der Waals surface area contributed by atoms with E-state index < -0.39 is 28.7 Å². The average molecular weight is 538 g/mol. The number of halogens is 2. The number of aryl methyl sites for hydroxylation is 1. The van der Waals surface area contributed by atoms with Crippen molar-refractivity contribution in [2.45, 2.75) is 26.9 Å². The Morgan fingerprint density at radius 1 is 1.36 bits per heavy atom.